The Bertz CT molecular complexity index is 605. The summed E-state index contributed by atoms with van der Waals surface area (Å²) in [7, 11) is 1.86. The summed E-state index contributed by atoms with van der Waals surface area (Å²) in [6, 6.07) is 3.45. The Labute approximate surface area is 118 Å². The number of anilines is 1. The van der Waals surface area contributed by atoms with Crippen molar-refractivity contribution in [2.24, 2.45) is 7.05 Å². The molecule has 106 valence electrons. The molecule has 6 heteroatoms. The third-order valence-electron chi connectivity index (χ3n) is 2.93. The first kappa shape index (κ1) is 14.0. The van der Waals surface area contributed by atoms with Crippen molar-refractivity contribution in [3.05, 3.63) is 41.3 Å². The number of pyridine rings is 1. The summed E-state index contributed by atoms with van der Waals surface area (Å²) < 4.78 is 1.74. The van der Waals surface area contributed by atoms with Crippen LogP contribution in [0.3, 0.4) is 0 Å². The number of rotatable bonds is 5. The van der Waals surface area contributed by atoms with Crippen molar-refractivity contribution in [3.63, 3.8) is 0 Å². The quantitative estimate of drug-likeness (QED) is 0.865. The minimum absolute atomic E-state index is 0.116. The first-order chi connectivity index (χ1) is 9.60. The molecule has 0 aliphatic heterocycles. The smallest absolute Gasteiger partial charge is 0.251 e. The van der Waals surface area contributed by atoms with Gasteiger partial charge < -0.3 is 10.6 Å². The van der Waals surface area contributed by atoms with Crippen molar-refractivity contribution >= 4 is 11.7 Å². The highest BCUT2D eigenvalue weighted by molar-refractivity contribution is 5.94. The summed E-state index contributed by atoms with van der Waals surface area (Å²) in [5, 5.41) is 10.2. The second-order valence-corrected chi connectivity index (χ2v) is 4.56. The average molecular weight is 273 g/mol. The van der Waals surface area contributed by atoms with Gasteiger partial charge in [0, 0.05) is 43.7 Å². The molecule has 0 saturated heterocycles. The van der Waals surface area contributed by atoms with E-state index in [0.29, 0.717) is 17.9 Å². The van der Waals surface area contributed by atoms with Gasteiger partial charge in [-0.05, 0) is 26.0 Å². The van der Waals surface area contributed by atoms with E-state index < -0.39 is 0 Å². The first-order valence-electron chi connectivity index (χ1n) is 6.57. The number of amides is 1. The number of nitrogens with zero attached hydrogens (tertiary/aromatic N) is 3. The normalized spacial score (nSPS) is 10.3. The second kappa shape index (κ2) is 6.18. The lowest BCUT2D eigenvalue weighted by Crippen LogP contribution is -2.23. The van der Waals surface area contributed by atoms with Crippen LogP contribution in [-0.2, 0) is 13.6 Å². The van der Waals surface area contributed by atoms with Crippen molar-refractivity contribution in [1.82, 2.24) is 20.1 Å². The van der Waals surface area contributed by atoms with Gasteiger partial charge in [-0.1, -0.05) is 0 Å². The van der Waals surface area contributed by atoms with Crippen molar-refractivity contribution in [3.8, 4) is 0 Å². The zero-order chi connectivity index (χ0) is 14.5. The minimum Gasteiger partial charge on any atom is -0.370 e. The third kappa shape index (κ3) is 3.34. The fourth-order valence-electron chi connectivity index (χ4n) is 1.95. The van der Waals surface area contributed by atoms with Crippen molar-refractivity contribution in [2.45, 2.75) is 20.4 Å². The molecule has 0 aliphatic rings. The summed E-state index contributed by atoms with van der Waals surface area (Å²) in [5.74, 6) is 0.590. The first-order valence-corrected chi connectivity index (χ1v) is 6.57. The van der Waals surface area contributed by atoms with Gasteiger partial charge in [-0.2, -0.15) is 5.10 Å². The van der Waals surface area contributed by atoms with Crippen LogP contribution in [0.5, 0.6) is 0 Å². The topological polar surface area (TPSA) is 71.8 Å². The fourth-order valence-corrected chi connectivity index (χ4v) is 1.95. The molecule has 20 heavy (non-hydrogen) atoms. The summed E-state index contributed by atoms with van der Waals surface area (Å²) >= 11 is 0. The third-order valence-corrected chi connectivity index (χ3v) is 2.93. The Hall–Kier alpha value is -2.37. The van der Waals surface area contributed by atoms with Crippen LogP contribution in [0.25, 0.3) is 0 Å². The number of aryl methyl sites for hydroxylation is 2. The van der Waals surface area contributed by atoms with Gasteiger partial charge >= 0.3 is 0 Å². The molecule has 2 aromatic rings. The van der Waals surface area contributed by atoms with Crippen LogP contribution >= 0.6 is 0 Å². The average Bonchev–Trinajstić information content (AvgIpc) is 2.75. The molecule has 0 aliphatic carbocycles. The van der Waals surface area contributed by atoms with Gasteiger partial charge in [-0.15, -0.1) is 0 Å². The van der Waals surface area contributed by atoms with Crippen LogP contribution < -0.4 is 10.6 Å². The number of aromatic nitrogens is 3. The zero-order valence-electron chi connectivity index (χ0n) is 12.0. The van der Waals surface area contributed by atoms with E-state index in [4.69, 9.17) is 0 Å². The predicted molar refractivity (Wildman–Crippen MR) is 77.5 cm³/mol. The van der Waals surface area contributed by atoms with Gasteiger partial charge in [0.05, 0.1) is 5.69 Å². The summed E-state index contributed by atoms with van der Waals surface area (Å²) in [6.07, 6.45) is 3.54. The molecule has 0 fully saturated rings. The van der Waals surface area contributed by atoms with Gasteiger partial charge in [0.1, 0.15) is 5.82 Å². The molecule has 6 nitrogen and oxygen atoms in total. The molecule has 0 radical (unpaired) electrons. The van der Waals surface area contributed by atoms with Crippen molar-refractivity contribution in [2.75, 3.05) is 11.9 Å². The number of nitrogens with one attached hydrogen (secondary N) is 2. The van der Waals surface area contributed by atoms with Crippen LogP contribution in [0.4, 0.5) is 5.82 Å². The summed E-state index contributed by atoms with van der Waals surface area (Å²) in [5.41, 5.74) is 2.54. The minimum atomic E-state index is -0.116. The van der Waals surface area contributed by atoms with E-state index in [-0.39, 0.29) is 5.91 Å². The van der Waals surface area contributed by atoms with Crippen LogP contribution in [-0.4, -0.2) is 27.2 Å². The van der Waals surface area contributed by atoms with Gasteiger partial charge in [-0.3, -0.25) is 9.48 Å². The molecule has 0 spiro atoms. The van der Waals surface area contributed by atoms with Gasteiger partial charge in [-0.25, -0.2) is 4.98 Å². The monoisotopic (exact) mass is 273 g/mol. The zero-order valence-corrected chi connectivity index (χ0v) is 12.0. The molecule has 0 atom stereocenters. The van der Waals surface area contributed by atoms with E-state index in [1.807, 2.05) is 27.1 Å². The molecule has 2 rings (SSSR count). The second-order valence-electron chi connectivity index (χ2n) is 4.56. The van der Waals surface area contributed by atoms with Gasteiger partial charge in [0.2, 0.25) is 0 Å². The van der Waals surface area contributed by atoms with Gasteiger partial charge in [0.25, 0.3) is 5.91 Å². The maximum absolute atomic E-state index is 12.1. The lowest BCUT2D eigenvalue weighted by molar-refractivity contribution is 0.0951. The Balaban J connectivity index is 2.01. The Morgan fingerprint density at radius 1 is 1.45 bits per heavy atom. The molecular weight excluding hydrogens is 254 g/mol. The van der Waals surface area contributed by atoms with E-state index in [0.717, 1.165) is 17.8 Å². The lowest BCUT2D eigenvalue weighted by atomic mass is 10.2. The summed E-state index contributed by atoms with van der Waals surface area (Å²) in [4.78, 5) is 16.2. The van der Waals surface area contributed by atoms with E-state index in [1.165, 1.54) is 0 Å². The number of carbonyl (C=O) groups is 1. The number of hydrogen-bond donors (Lipinski definition) is 2. The molecule has 0 bridgehead atoms. The molecule has 2 N–H and O–H groups in total. The van der Waals surface area contributed by atoms with Crippen molar-refractivity contribution in [1.29, 1.82) is 0 Å². The van der Waals surface area contributed by atoms with Crippen LogP contribution in [0.2, 0.25) is 0 Å². The van der Waals surface area contributed by atoms with E-state index in [9.17, 15) is 4.79 Å². The predicted octanol–water partition coefficient (Wildman–Crippen LogP) is 1.49. The summed E-state index contributed by atoms with van der Waals surface area (Å²) in [6.45, 7) is 5.15. The molecule has 0 saturated carbocycles. The van der Waals surface area contributed by atoms with Crippen LogP contribution in [0.1, 0.15) is 28.5 Å². The van der Waals surface area contributed by atoms with Crippen LogP contribution in [0, 0.1) is 6.92 Å². The van der Waals surface area contributed by atoms with E-state index >= 15 is 0 Å². The maximum atomic E-state index is 12.1. The highest BCUT2D eigenvalue weighted by atomic mass is 16.1. The lowest BCUT2D eigenvalue weighted by Gasteiger charge is -2.06. The highest BCUT2D eigenvalue weighted by Crippen LogP contribution is 2.08. The Kier molecular flexibility index (Phi) is 4.34. The molecular formula is C14H19N5O. The molecule has 2 aromatic heterocycles. The Morgan fingerprint density at radius 2 is 2.25 bits per heavy atom. The largest absolute Gasteiger partial charge is 0.370 e. The standard InChI is InChI=1S/C14H19N5O/c1-4-15-13-7-11(5-6-16-13)14(20)17-8-12-9-19(3)18-10(12)2/h5-7,9H,4,8H2,1-3H3,(H,15,16)(H,17,20). The SMILES string of the molecule is CCNc1cc(C(=O)NCc2cn(C)nc2C)ccn1. The Morgan fingerprint density at radius 3 is 2.90 bits per heavy atom. The molecule has 0 aromatic carbocycles. The molecule has 1 amide bonds. The van der Waals surface area contributed by atoms with Crippen molar-refractivity contribution < 1.29 is 4.79 Å². The van der Waals surface area contributed by atoms with E-state index in [2.05, 4.69) is 20.7 Å². The van der Waals surface area contributed by atoms with Crippen LogP contribution in [0.15, 0.2) is 24.5 Å². The fraction of sp³-hybridized carbons (Fsp3) is 0.357. The number of hydrogen-bond acceptors (Lipinski definition) is 4. The molecule has 0 unspecified atom stereocenters. The van der Waals surface area contributed by atoms with E-state index in [1.54, 1.807) is 23.0 Å². The highest BCUT2D eigenvalue weighted by Gasteiger charge is 2.08. The maximum Gasteiger partial charge on any atom is 0.251 e. The van der Waals surface area contributed by atoms with Gasteiger partial charge in [0.15, 0.2) is 0 Å². The number of carbonyl (C=O) groups excluding carboxylic acids is 1. The molecule has 2 heterocycles.